The molecule has 110 valence electrons. The second kappa shape index (κ2) is 5.78. The number of primary amides is 1. The molecule has 5 N–H and O–H groups in total. The van der Waals surface area contributed by atoms with E-state index in [1.807, 2.05) is 0 Å². The van der Waals surface area contributed by atoms with E-state index in [4.69, 9.17) is 11.5 Å². The number of nitrogen functional groups attached to an aromatic ring is 1. The van der Waals surface area contributed by atoms with E-state index in [9.17, 15) is 13.6 Å². The van der Waals surface area contributed by atoms with Crippen molar-refractivity contribution in [3.05, 3.63) is 59.2 Å². The molecule has 2 aromatic rings. The van der Waals surface area contributed by atoms with Gasteiger partial charge >= 0.3 is 0 Å². The summed E-state index contributed by atoms with van der Waals surface area (Å²) in [7, 11) is 0. The zero-order valence-corrected chi connectivity index (χ0v) is 11.4. The van der Waals surface area contributed by atoms with Crippen molar-refractivity contribution in [2.45, 2.75) is 13.0 Å². The van der Waals surface area contributed by atoms with Crippen LogP contribution in [0.1, 0.15) is 28.9 Å². The number of nitrogens with two attached hydrogens (primary N) is 2. The van der Waals surface area contributed by atoms with Gasteiger partial charge in [-0.3, -0.25) is 4.79 Å². The van der Waals surface area contributed by atoms with Gasteiger partial charge in [0.05, 0.1) is 11.3 Å². The van der Waals surface area contributed by atoms with Crippen LogP contribution in [0.5, 0.6) is 0 Å². The van der Waals surface area contributed by atoms with E-state index in [2.05, 4.69) is 5.32 Å². The first kappa shape index (κ1) is 14.8. The molecule has 0 aliphatic heterocycles. The molecule has 0 fully saturated rings. The molecule has 21 heavy (non-hydrogen) atoms. The standard InChI is InChI=1S/C15H15F2N3O/c1-8(9-2-4-10(16)5-3-9)20-14-6-11(15(19)21)13(18)7-12(14)17/h2-8,20H,18H2,1H3,(H2,19,21). The fourth-order valence-corrected chi connectivity index (χ4v) is 1.98. The van der Waals surface area contributed by atoms with Gasteiger partial charge in [0.2, 0.25) is 0 Å². The lowest BCUT2D eigenvalue weighted by Crippen LogP contribution is -2.15. The summed E-state index contributed by atoms with van der Waals surface area (Å²) in [6, 6.07) is 7.86. The minimum atomic E-state index is -0.731. The molecule has 2 aromatic carbocycles. The maximum Gasteiger partial charge on any atom is 0.250 e. The van der Waals surface area contributed by atoms with Crippen LogP contribution in [0.25, 0.3) is 0 Å². The third kappa shape index (κ3) is 3.28. The summed E-state index contributed by atoms with van der Waals surface area (Å²) in [5.74, 6) is -1.67. The van der Waals surface area contributed by atoms with Gasteiger partial charge in [0.1, 0.15) is 11.6 Å². The predicted octanol–water partition coefficient (Wildman–Crippen LogP) is 2.82. The van der Waals surface area contributed by atoms with Crippen molar-refractivity contribution >= 4 is 17.3 Å². The number of hydrogen-bond acceptors (Lipinski definition) is 3. The molecule has 0 heterocycles. The molecule has 2 rings (SSSR count). The summed E-state index contributed by atoms with van der Waals surface area (Å²) in [5, 5.41) is 2.91. The van der Waals surface area contributed by atoms with Crippen molar-refractivity contribution in [1.29, 1.82) is 0 Å². The predicted molar refractivity (Wildman–Crippen MR) is 77.8 cm³/mol. The van der Waals surface area contributed by atoms with Gasteiger partial charge in [-0.15, -0.1) is 0 Å². The van der Waals surface area contributed by atoms with E-state index >= 15 is 0 Å². The molecule has 1 amide bonds. The minimum Gasteiger partial charge on any atom is -0.398 e. The minimum absolute atomic E-state index is 0.0139. The summed E-state index contributed by atoms with van der Waals surface area (Å²) in [5.41, 5.74) is 11.6. The van der Waals surface area contributed by atoms with Gasteiger partial charge in [-0.05, 0) is 36.8 Å². The number of anilines is 2. The van der Waals surface area contributed by atoms with Gasteiger partial charge in [0.25, 0.3) is 5.91 Å². The molecular formula is C15H15F2N3O. The van der Waals surface area contributed by atoms with E-state index in [-0.39, 0.29) is 28.8 Å². The van der Waals surface area contributed by atoms with Crippen LogP contribution in [0.4, 0.5) is 20.2 Å². The normalized spacial score (nSPS) is 12.0. The molecule has 0 aliphatic carbocycles. The lowest BCUT2D eigenvalue weighted by atomic mass is 10.1. The van der Waals surface area contributed by atoms with Crippen LogP contribution in [0.3, 0.4) is 0 Å². The number of amides is 1. The Morgan fingerprint density at radius 1 is 1.19 bits per heavy atom. The van der Waals surface area contributed by atoms with E-state index < -0.39 is 11.7 Å². The Bertz CT molecular complexity index is 671. The van der Waals surface area contributed by atoms with Gasteiger partial charge in [-0.2, -0.15) is 0 Å². The molecule has 0 aromatic heterocycles. The topological polar surface area (TPSA) is 81.1 Å². The first-order valence-corrected chi connectivity index (χ1v) is 6.29. The Labute approximate surface area is 120 Å². The largest absolute Gasteiger partial charge is 0.398 e. The van der Waals surface area contributed by atoms with Crippen LogP contribution < -0.4 is 16.8 Å². The first-order chi connectivity index (χ1) is 9.88. The highest BCUT2D eigenvalue weighted by atomic mass is 19.1. The number of rotatable bonds is 4. The van der Waals surface area contributed by atoms with Gasteiger partial charge < -0.3 is 16.8 Å². The summed E-state index contributed by atoms with van der Waals surface area (Å²) in [6.07, 6.45) is 0. The van der Waals surface area contributed by atoms with Crippen LogP contribution in [-0.2, 0) is 0 Å². The lowest BCUT2D eigenvalue weighted by Gasteiger charge is -2.17. The van der Waals surface area contributed by atoms with Crippen LogP contribution in [0.15, 0.2) is 36.4 Å². The number of halogens is 2. The van der Waals surface area contributed by atoms with Gasteiger partial charge in [0, 0.05) is 11.7 Å². The van der Waals surface area contributed by atoms with Crippen molar-refractivity contribution in [3.8, 4) is 0 Å². The molecule has 6 heteroatoms. The van der Waals surface area contributed by atoms with Crippen LogP contribution in [0.2, 0.25) is 0 Å². The highest BCUT2D eigenvalue weighted by molar-refractivity contribution is 5.99. The fourth-order valence-electron chi connectivity index (χ4n) is 1.98. The Hall–Kier alpha value is -2.63. The summed E-state index contributed by atoms with van der Waals surface area (Å²) >= 11 is 0. The molecule has 0 bridgehead atoms. The molecule has 0 saturated heterocycles. The molecule has 1 atom stereocenters. The number of carbonyl (C=O) groups excluding carboxylic acids is 1. The molecule has 0 aliphatic rings. The second-order valence-corrected chi connectivity index (χ2v) is 4.70. The lowest BCUT2D eigenvalue weighted by molar-refractivity contribution is 0.100. The zero-order valence-electron chi connectivity index (χ0n) is 11.4. The average Bonchev–Trinajstić information content (AvgIpc) is 2.42. The fraction of sp³-hybridized carbons (Fsp3) is 0.133. The molecule has 4 nitrogen and oxygen atoms in total. The quantitative estimate of drug-likeness (QED) is 0.758. The maximum absolute atomic E-state index is 13.9. The third-order valence-corrected chi connectivity index (χ3v) is 3.15. The van der Waals surface area contributed by atoms with E-state index in [1.54, 1.807) is 19.1 Å². The Balaban J connectivity index is 2.28. The van der Waals surface area contributed by atoms with Crippen molar-refractivity contribution in [2.75, 3.05) is 11.1 Å². The smallest absolute Gasteiger partial charge is 0.250 e. The zero-order chi connectivity index (χ0) is 15.6. The number of hydrogen-bond donors (Lipinski definition) is 3. The summed E-state index contributed by atoms with van der Waals surface area (Å²) < 4.78 is 26.8. The summed E-state index contributed by atoms with van der Waals surface area (Å²) in [4.78, 5) is 11.2. The Morgan fingerprint density at radius 3 is 2.38 bits per heavy atom. The summed E-state index contributed by atoms with van der Waals surface area (Å²) in [6.45, 7) is 1.78. The van der Waals surface area contributed by atoms with Gasteiger partial charge in [-0.1, -0.05) is 12.1 Å². The van der Waals surface area contributed by atoms with Crippen LogP contribution >= 0.6 is 0 Å². The third-order valence-electron chi connectivity index (χ3n) is 3.15. The average molecular weight is 291 g/mol. The maximum atomic E-state index is 13.9. The molecule has 0 radical (unpaired) electrons. The van der Waals surface area contributed by atoms with E-state index in [0.29, 0.717) is 0 Å². The highest BCUT2D eigenvalue weighted by Gasteiger charge is 2.14. The number of nitrogens with one attached hydrogen (secondary N) is 1. The molecule has 1 unspecified atom stereocenters. The molecule has 0 spiro atoms. The monoisotopic (exact) mass is 291 g/mol. The van der Waals surface area contributed by atoms with E-state index in [0.717, 1.165) is 11.6 Å². The van der Waals surface area contributed by atoms with Gasteiger partial charge in [0.15, 0.2) is 0 Å². The van der Waals surface area contributed by atoms with Crippen molar-refractivity contribution in [2.24, 2.45) is 5.73 Å². The van der Waals surface area contributed by atoms with Gasteiger partial charge in [-0.25, -0.2) is 8.78 Å². The van der Waals surface area contributed by atoms with Crippen molar-refractivity contribution < 1.29 is 13.6 Å². The van der Waals surface area contributed by atoms with E-state index in [1.165, 1.54) is 18.2 Å². The van der Waals surface area contributed by atoms with Crippen LogP contribution in [-0.4, -0.2) is 5.91 Å². The molecule has 0 saturated carbocycles. The Morgan fingerprint density at radius 2 is 1.81 bits per heavy atom. The number of carbonyl (C=O) groups is 1. The second-order valence-electron chi connectivity index (χ2n) is 4.70. The van der Waals surface area contributed by atoms with Crippen molar-refractivity contribution in [3.63, 3.8) is 0 Å². The van der Waals surface area contributed by atoms with Crippen LogP contribution in [0, 0.1) is 11.6 Å². The molecular weight excluding hydrogens is 276 g/mol. The van der Waals surface area contributed by atoms with Crippen molar-refractivity contribution in [1.82, 2.24) is 0 Å². The highest BCUT2D eigenvalue weighted by Crippen LogP contribution is 2.26. The first-order valence-electron chi connectivity index (χ1n) is 6.29. The number of benzene rings is 2. The Kier molecular flexibility index (Phi) is 4.07. The SMILES string of the molecule is CC(Nc1cc(C(N)=O)c(N)cc1F)c1ccc(F)cc1.